The minimum atomic E-state index is -3.34. The molecule has 0 heterocycles. The molecule has 0 bridgehead atoms. The molecule has 5 nitrogen and oxygen atoms in total. The number of esters is 1. The topological polar surface area (TPSA) is 72.5 Å². The van der Waals surface area contributed by atoms with Crippen molar-refractivity contribution in [2.45, 2.75) is 6.92 Å². The molecule has 1 N–H and O–H groups in total. The lowest BCUT2D eigenvalue weighted by atomic mass is 10.2. The van der Waals surface area contributed by atoms with Gasteiger partial charge < -0.3 is 4.74 Å². The summed E-state index contributed by atoms with van der Waals surface area (Å²) in [5.74, 6) is -0.411. The van der Waals surface area contributed by atoms with Crippen molar-refractivity contribution in [3.05, 3.63) is 35.9 Å². The predicted molar refractivity (Wildman–Crippen MR) is 78.4 cm³/mol. The second-order valence-electron chi connectivity index (χ2n) is 3.53. The van der Waals surface area contributed by atoms with Gasteiger partial charge in [0.05, 0.1) is 6.61 Å². The smallest absolute Gasteiger partial charge is 0.330 e. The summed E-state index contributed by atoms with van der Waals surface area (Å²) in [7, 11) is -3.34. The van der Waals surface area contributed by atoms with Crippen LogP contribution in [0.15, 0.2) is 30.3 Å². The van der Waals surface area contributed by atoms with Crippen molar-refractivity contribution in [1.29, 1.82) is 0 Å². The van der Waals surface area contributed by atoms with E-state index in [0.29, 0.717) is 12.3 Å². The lowest BCUT2D eigenvalue weighted by Gasteiger charge is -2.05. The van der Waals surface area contributed by atoms with Crippen LogP contribution in [0.3, 0.4) is 0 Å². The van der Waals surface area contributed by atoms with E-state index in [1.807, 2.05) is 0 Å². The van der Waals surface area contributed by atoms with Gasteiger partial charge in [-0.05, 0) is 30.7 Å². The van der Waals surface area contributed by atoms with Gasteiger partial charge in [0.1, 0.15) is 4.66 Å². The van der Waals surface area contributed by atoms with Crippen LogP contribution in [0.1, 0.15) is 12.5 Å². The van der Waals surface area contributed by atoms with Crippen molar-refractivity contribution in [1.82, 2.24) is 0 Å². The highest BCUT2D eigenvalue weighted by Gasteiger charge is 2.06. The minimum absolute atomic E-state index is 0.162. The molecule has 0 radical (unpaired) electrons. The van der Waals surface area contributed by atoms with E-state index in [1.54, 1.807) is 37.3 Å². The van der Waals surface area contributed by atoms with Crippen molar-refractivity contribution in [3.63, 3.8) is 0 Å². The molecule has 1 aromatic carbocycles. The first kappa shape index (κ1) is 15.7. The number of hydrogen-bond donors (Lipinski definition) is 1. The third-order valence-corrected chi connectivity index (χ3v) is 4.67. The zero-order chi connectivity index (χ0) is 14.3. The van der Waals surface area contributed by atoms with E-state index in [4.69, 9.17) is 4.74 Å². The van der Waals surface area contributed by atoms with E-state index >= 15 is 0 Å². The zero-order valence-electron chi connectivity index (χ0n) is 10.3. The van der Waals surface area contributed by atoms with Crippen LogP contribution in [0.25, 0.3) is 6.08 Å². The maximum atomic E-state index is 11.3. The van der Waals surface area contributed by atoms with E-state index in [-0.39, 0.29) is 4.66 Å². The molecule has 104 valence electrons. The number of carbonyl (C=O) groups excluding carboxylic acids is 1. The highest BCUT2D eigenvalue weighted by atomic mass is 79.9. The fourth-order valence-electron chi connectivity index (χ4n) is 1.22. The number of halogens is 1. The highest BCUT2D eigenvalue weighted by Crippen LogP contribution is 2.13. The molecule has 0 unspecified atom stereocenters. The number of sulfonamides is 1. The third-order valence-electron chi connectivity index (χ3n) is 2.03. The molecule has 1 aromatic rings. The standard InChI is InChI=1S/C12H14BrNO4S/c1-2-18-12(15)8-5-10-3-6-11(7-4-10)14-19(16,17)9-13/h3-8,14H,2,9H2,1H3/b8-5+. The van der Waals surface area contributed by atoms with Crippen molar-refractivity contribution in [2.75, 3.05) is 16.0 Å². The number of nitrogens with one attached hydrogen (secondary N) is 1. The van der Waals surface area contributed by atoms with Gasteiger partial charge in [0.15, 0.2) is 0 Å². The molecule has 0 aliphatic rings. The molecule has 0 saturated heterocycles. The fourth-order valence-corrected chi connectivity index (χ4v) is 2.12. The Morgan fingerprint density at radius 1 is 1.37 bits per heavy atom. The van der Waals surface area contributed by atoms with E-state index in [1.165, 1.54) is 6.08 Å². The summed E-state index contributed by atoms with van der Waals surface area (Å²) in [4.78, 5) is 11.1. The summed E-state index contributed by atoms with van der Waals surface area (Å²) < 4.78 is 29.6. The number of hydrogen-bond acceptors (Lipinski definition) is 4. The molecule has 1 rings (SSSR count). The Balaban J connectivity index is 2.69. The molecule has 0 aliphatic carbocycles. The zero-order valence-corrected chi connectivity index (χ0v) is 12.7. The average molecular weight is 348 g/mol. The fraction of sp³-hybridized carbons (Fsp3) is 0.250. The van der Waals surface area contributed by atoms with Crippen molar-refractivity contribution in [3.8, 4) is 0 Å². The van der Waals surface area contributed by atoms with Crippen LogP contribution >= 0.6 is 15.9 Å². The number of anilines is 1. The second kappa shape index (κ2) is 7.30. The maximum absolute atomic E-state index is 11.3. The van der Waals surface area contributed by atoms with Gasteiger partial charge in [0.25, 0.3) is 0 Å². The number of ether oxygens (including phenoxy) is 1. The second-order valence-corrected chi connectivity index (χ2v) is 6.56. The van der Waals surface area contributed by atoms with Crippen LogP contribution in [-0.4, -0.2) is 25.7 Å². The molecule has 7 heteroatoms. The van der Waals surface area contributed by atoms with Crippen LogP contribution in [0.4, 0.5) is 5.69 Å². The van der Waals surface area contributed by atoms with Crippen LogP contribution in [-0.2, 0) is 19.6 Å². The van der Waals surface area contributed by atoms with E-state index in [2.05, 4.69) is 20.7 Å². The van der Waals surface area contributed by atoms with Gasteiger partial charge in [-0.1, -0.05) is 28.1 Å². The van der Waals surface area contributed by atoms with Crippen molar-refractivity contribution in [2.24, 2.45) is 0 Å². The molecule has 19 heavy (non-hydrogen) atoms. The molecule has 0 atom stereocenters. The van der Waals surface area contributed by atoms with E-state index in [0.717, 1.165) is 5.56 Å². The Hall–Kier alpha value is -1.34. The minimum Gasteiger partial charge on any atom is -0.463 e. The van der Waals surface area contributed by atoms with Crippen LogP contribution in [0.2, 0.25) is 0 Å². The largest absolute Gasteiger partial charge is 0.463 e. The molecule has 0 saturated carbocycles. The third kappa shape index (κ3) is 5.89. The summed E-state index contributed by atoms with van der Waals surface area (Å²) in [5, 5.41) is 0. The maximum Gasteiger partial charge on any atom is 0.330 e. The van der Waals surface area contributed by atoms with Gasteiger partial charge in [0, 0.05) is 11.8 Å². The lowest BCUT2D eigenvalue weighted by Crippen LogP contribution is -2.12. The predicted octanol–water partition coefficient (Wildman–Crippen LogP) is 2.36. The molecule has 0 spiro atoms. The van der Waals surface area contributed by atoms with Gasteiger partial charge in [-0.3, -0.25) is 4.72 Å². The molecular formula is C12H14BrNO4S. The Morgan fingerprint density at radius 3 is 2.53 bits per heavy atom. The first-order valence-corrected chi connectivity index (χ1v) is 8.25. The summed E-state index contributed by atoms with van der Waals surface area (Å²) in [5.41, 5.74) is 1.24. The van der Waals surface area contributed by atoms with Gasteiger partial charge in [-0.2, -0.15) is 0 Å². The number of carbonyl (C=O) groups is 1. The Morgan fingerprint density at radius 2 is 2.00 bits per heavy atom. The Kier molecular flexibility index (Phi) is 6.04. The molecule has 0 fully saturated rings. The summed E-state index contributed by atoms with van der Waals surface area (Å²) in [6, 6.07) is 6.62. The molecule has 0 amide bonds. The van der Waals surface area contributed by atoms with Crippen molar-refractivity contribution >= 4 is 43.7 Å². The van der Waals surface area contributed by atoms with Crippen LogP contribution in [0.5, 0.6) is 0 Å². The van der Waals surface area contributed by atoms with Crippen molar-refractivity contribution < 1.29 is 17.9 Å². The summed E-state index contributed by atoms with van der Waals surface area (Å²) >= 11 is 2.89. The summed E-state index contributed by atoms with van der Waals surface area (Å²) in [6.45, 7) is 2.06. The quantitative estimate of drug-likeness (QED) is 0.487. The molecular weight excluding hydrogens is 334 g/mol. The van der Waals surface area contributed by atoms with Gasteiger partial charge in [-0.25, -0.2) is 13.2 Å². The first-order chi connectivity index (χ1) is 8.96. The molecule has 0 aliphatic heterocycles. The van der Waals surface area contributed by atoms with Gasteiger partial charge in [0.2, 0.25) is 10.0 Å². The average Bonchev–Trinajstić information content (AvgIpc) is 2.38. The van der Waals surface area contributed by atoms with Gasteiger partial charge >= 0.3 is 5.97 Å². The number of benzene rings is 1. The van der Waals surface area contributed by atoms with Gasteiger partial charge in [-0.15, -0.1) is 0 Å². The van der Waals surface area contributed by atoms with Crippen LogP contribution < -0.4 is 4.72 Å². The van der Waals surface area contributed by atoms with E-state index in [9.17, 15) is 13.2 Å². The number of alkyl halides is 1. The number of rotatable bonds is 6. The monoisotopic (exact) mass is 347 g/mol. The summed E-state index contributed by atoms with van der Waals surface area (Å²) in [6.07, 6.45) is 2.92. The Labute approximate surface area is 120 Å². The lowest BCUT2D eigenvalue weighted by molar-refractivity contribution is -0.137. The molecule has 0 aromatic heterocycles. The Bertz CT molecular complexity index is 552. The SMILES string of the molecule is CCOC(=O)/C=C/c1ccc(NS(=O)(=O)CBr)cc1. The van der Waals surface area contributed by atoms with E-state index < -0.39 is 16.0 Å². The normalized spacial score (nSPS) is 11.5. The first-order valence-electron chi connectivity index (χ1n) is 5.48. The van der Waals surface area contributed by atoms with Crippen LogP contribution in [0, 0.1) is 0 Å². The highest BCUT2D eigenvalue weighted by molar-refractivity contribution is 9.10.